The van der Waals surface area contributed by atoms with Gasteiger partial charge in [-0.2, -0.15) is 0 Å². The van der Waals surface area contributed by atoms with Crippen LogP contribution in [0.5, 0.6) is 0 Å². The Morgan fingerprint density at radius 3 is 2.88 bits per heavy atom. The van der Waals surface area contributed by atoms with Gasteiger partial charge in [-0.1, -0.05) is 0 Å². The Labute approximate surface area is 98.8 Å². The normalized spacial score (nSPS) is 36.8. The molecule has 1 N–H and O–H groups in total. The molecule has 2 aliphatic rings. The van der Waals surface area contributed by atoms with Gasteiger partial charge in [0, 0.05) is 19.7 Å². The fourth-order valence-corrected chi connectivity index (χ4v) is 3.04. The summed E-state index contributed by atoms with van der Waals surface area (Å²) in [6.07, 6.45) is 6.91. The lowest BCUT2D eigenvalue weighted by Crippen LogP contribution is -2.40. The fourth-order valence-electron chi connectivity index (χ4n) is 3.04. The Hall–Kier alpha value is -0.120. The first kappa shape index (κ1) is 12.3. The van der Waals surface area contributed by atoms with Crippen molar-refractivity contribution in [2.24, 2.45) is 5.92 Å². The lowest BCUT2D eigenvalue weighted by molar-refractivity contribution is 0.0204. The van der Waals surface area contributed by atoms with E-state index < -0.39 is 0 Å². The minimum absolute atomic E-state index is 0.343. The first-order valence-corrected chi connectivity index (χ1v) is 6.76. The van der Waals surface area contributed by atoms with E-state index in [0.717, 1.165) is 19.5 Å². The van der Waals surface area contributed by atoms with Gasteiger partial charge in [0.25, 0.3) is 0 Å². The Morgan fingerprint density at radius 2 is 2.19 bits per heavy atom. The predicted molar refractivity (Wildman–Crippen MR) is 64.4 cm³/mol. The molecule has 0 bridgehead atoms. The number of ether oxygens (including phenoxy) is 1. The van der Waals surface area contributed by atoms with Gasteiger partial charge in [-0.25, -0.2) is 0 Å². The molecule has 2 rings (SSSR count). The number of nitrogens with zero attached hydrogens (tertiary/aromatic N) is 1. The highest BCUT2D eigenvalue weighted by Crippen LogP contribution is 2.23. The van der Waals surface area contributed by atoms with Crippen molar-refractivity contribution in [1.82, 2.24) is 4.90 Å². The summed E-state index contributed by atoms with van der Waals surface area (Å²) in [6, 6.07) is 0. The van der Waals surface area contributed by atoms with Crippen molar-refractivity contribution in [1.29, 1.82) is 0 Å². The van der Waals surface area contributed by atoms with Gasteiger partial charge >= 0.3 is 0 Å². The summed E-state index contributed by atoms with van der Waals surface area (Å²) in [5.41, 5.74) is 0. The van der Waals surface area contributed by atoms with Crippen LogP contribution < -0.4 is 0 Å². The first-order valence-electron chi connectivity index (χ1n) is 6.76. The standard InChI is InChI=1S/C13H25NO2/c1-11-4-5-13(16-11)10-14-7-2-3-12(9-14)6-8-15/h11-13,15H,2-10H2,1H3. The Kier molecular flexibility index (Phi) is 4.62. The summed E-state index contributed by atoms with van der Waals surface area (Å²) in [5, 5.41) is 8.98. The molecule has 3 nitrogen and oxygen atoms in total. The number of piperidine rings is 1. The van der Waals surface area contributed by atoms with Crippen LogP contribution >= 0.6 is 0 Å². The van der Waals surface area contributed by atoms with E-state index in [1.54, 1.807) is 0 Å². The van der Waals surface area contributed by atoms with Crippen LogP contribution in [-0.4, -0.2) is 48.5 Å². The second-order valence-electron chi connectivity index (χ2n) is 5.43. The van der Waals surface area contributed by atoms with E-state index in [-0.39, 0.29) is 0 Å². The average Bonchev–Trinajstić information content (AvgIpc) is 2.65. The van der Waals surface area contributed by atoms with E-state index in [1.165, 1.54) is 32.2 Å². The molecule has 3 atom stereocenters. The molecular weight excluding hydrogens is 202 g/mol. The summed E-state index contributed by atoms with van der Waals surface area (Å²) in [6.45, 7) is 6.00. The highest BCUT2D eigenvalue weighted by atomic mass is 16.5. The number of hydrogen-bond acceptors (Lipinski definition) is 3. The van der Waals surface area contributed by atoms with Crippen molar-refractivity contribution in [3.8, 4) is 0 Å². The third kappa shape index (κ3) is 3.44. The average molecular weight is 227 g/mol. The molecule has 0 spiro atoms. The number of hydrogen-bond donors (Lipinski definition) is 1. The fraction of sp³-hybridized carbons (Fsp3) is 1.00. The van der Waals surface area contributed by atoms with Gasteiger partial charge < -0.3 is 14.7 Å². The zero-order chi connectivity index (χ0) is 11.4. The maximum Gasteiger partial charge on any atom is 0.0706 e. The zero-order valence-electron chi connectivity index (χ0n) is 10.4. The molecule has 0 aromatic heterocycles. The monoisotopic (exact) mass is 227 g/mol. The van der Waals surface area contributed by atoms with Gasteiger partial charge in [0.2, 0.25) is 0 Å². The van der Waals surface area contributed by atoms with Crippen LogP contribution in [0.15, 0.2) is 0 Å². The SMILES string of the molecule is CC1CCC(CN2CCCC(CCO)C2)O1. The van der Waals surface area contributed by atoms with E-state index in [1.807, 2.05) is 0 Å². The van der Waals surface area contributed by atoms with Crippen molar-refractivity contribution >= 4 is 0 Å². The van der Waals surface area contributed by atoms with Gasteiger partial charge in [0.1, 0.15) is 0 Å². The van der Waals surface area contributed by atoms with Crippen LogP contribution in [0.2, 0.25) is 0 Å². The minimum atomic E-state index is 0.343. The van der Waals surface area contributed by atoms with Crippen molar-refractivity contribution in [2.45, 2.75) is 51.2 Å². The molecule has 0 saturated carbocycles. The Morgan fingerprint density at radius 1 is 1.31 bits per heavy atom. The molecule has 0 aromatic carbocycles. The molecule has 2 fully saturated rings. The number of rotatable bonds is 4. The third-order valence-corrected chi connectivity index (χ3v) is 3.92. The van der Waals surface area contributed by atoms with Crippen LogP contribution in [0.3, 0.4) is 0 Å². The number of likely N-dealkylation sites (tertiary alicyclic amines) is 1. The maximum atomic E-state index is 8.98. The molecule has 0 aliphatic carbocycles. The van der Waals surface area contributed by atoms with Gasteiger partial charge in [-0.3, -0.25) is 0 Å². The zero-order valence-corrected chi connectivity index (χ0v) is 10.4. The van der Waals surface area contributed by atoms with Gasteiger partial charge in [0.15, 0.2) is 0 Å². The van der Waals surface area contributed by atoms with Crippen LogP contribution in [0.1, 0.15) is 39.0 Å². The van der Waals surface area contributed by atoms with Gasteiger partial charge in [-0.15, -0.1) is 0 Å². The van der Waals surface area contributed by atoms with Crippen molar-refractivity contribution in [3.63, 3.8) is 0 Å². The van der Waals surface area contributed by atoms with Crippen molar-refractivity contribution in [3.05, 3.63) is 0 Å². The number of aliphatic hydroxyl groups is 1. The van der Waals surface area contributed by atoms with Crippen molar-refractivity contribution < 1.29 is 9.84 Å². The molecule has 3 unspecified atom stereocenters. The van der Waals surface area contributed by atoms with E-state index >= 15 is 0 Å². The molecule has 0 radical (unpaired) electrons. The Balaban J connectivity index is 1.72. The predicted octanol–water partition coefficient (Wildman–Crippen LogP) is 1.65. The van der Waals surface area contributed by atoms with E-state index in [9.17, 15) is 0 Å². The molecule has 0 amide bonds. The molecule has 2 heterocycles. The molecule has 3 heteroatoms. The second-order valence-corrected chi connectivity index (χ2v) is 5.43. The van der Waals surface area contributed by atoms with Crippen LogP contribution in [0.4, 0.5) is 0 Å². The highest BCUT2D eigenvalue weighted by molar-refractivity contribution is 4.78. The van der Waals surface area contributed by atoms with E-state index in [0.29, 0.717) is 24.7 Å². The largest absolute Gasteiger partial charge is 0.396 e. The minimum Gasteiger partial charge on any atom is -0.396 e. The molecule has 94 valence electrons. The summed E-state index contributed by atoms with van der Waals surface area (Å²) < 4.78 is 5.87. The van der Waals surface area contributed by atoms with E-state index in [4.69, 9.17) is 9.84 Å². The molecular formula is C13H25NO2. The van der Waals surface area contributed by atoms with Crippen LogP contribution in [-0.2, 0) is 4.74 Å². The second kappa shape index (κ2) is 5.99. The van der Waals surface area contributed by atoms with E-state index in [2.05, 4.69) is 11.8 Å². The molecule has 16 heavy (non-hydrogen) atoms. The summed E-state index contributed by atoms with van der Waals surface area (Å²) in [4.78, 5) is 2.53. The smallest absolute Gasteiger partial charge is 0.0706 e. The highest BCUT2D eigenvalue weighted by Gasteiger charge is 2.26. The van der Waals surface area contributed by atoms with Crippen molar-refractivity contribution in [2.75, 3.05) is 26.2 Å². The van der Waals surface area contributed by atoms with Crippen LogP contribution in [0.25, 0.3) is 0 Å². The third-order valence-electron chi connectivity index (χ3n) is 3.92. The first-order chi connectivity index (χ1) is 7.78. The van der Waals surface area contributed by atoms with Crippen LogP contribution in [0, 0.1) is 5.92 Å². The topological polar surface area (TPSA) is 32.7 Å². The summed E-state index contributed by atoms with van der Waals surface area (Å²) in [5.74, 6) is 0.706. The van der Waals surface area contributed by atoms with Gasteiger partial charge in [-0.05, 0) is 51.5 Å². The maximum absolute atomic E-state index is 8.98. The molecule has 0 aromatic rings. The molecule has 2 saturated heterocycles. The summed E-state index contributed by atoms with van der Waals surface area (Å²) >= 11 is 0. The summed E-state index contributed by atoms with van der Waals surface area (Å²) in [7, 11) is 0. The lowest BCUT2D eigenvalue weighted by atomic mass is 9.95. The quantitative estimate of drug-likeness (QED) is 0.792. The Bertz CT molecular complexity index is 208. The lowest BCUT2D eigenvalue weighted by Gasteiger charge is -2.33. The molecule has 2 aliphatic heterocycles. The van der Waals surface area contributed by atoms with Gasteiger partial charge in [0.05, 0.1) is 12.2 Å². The number of aliphatic hydroxyl groups excluding tert-OH is 1.